The van der Waals surface area contributed by atoms with Crippen LogP contribution in [0.1, 0.15) is 389 Å². The van der Waals surface area contributed by atoms with Gasteiger partial charge in [0.2, 0.25) is 0 Å². The molecule has 0 rings (SSSR count). The van der Waals surface area contributed by atoms with E-state index in [-0.39, 0.29) is 25.7 Å². The van der Waals surface area contributed by atoms with Gasteiger partial charge in [-0.3, -0.25) is 37.3 Å². The summed E-state index contributed by atoms with van der Waals surface area (Å²) in [5.41, 5.74) is 0. The Bertz CT molecular complexity index is 1890. The summed E-state index contributed by atoms with van der Waals surface area (Å²) in [6, 6.07) is 0. The molecule has 0 aliphatic heterocycles. The van der Waals surface area contributed by atoms with E-state index in [0.717, 1.165) is 120 Å². The Kier molecular flexibility index (Phi) is 65.0. The third-order valence-corrected chi connectivity index (χ3v) is 20.4. The van der Waals surface area contributed by atoms with E-state index in [9.17, 15) is 43.2 Å². The number of hydrogen-bond donors (Lipinski definition) is 3. The first-order chi connectivity index (χ1) is 46.2. The first kappa shape index (κ1) is 94.1. The van der Waals surface area contributed by atoms with Crippen LogP contribution in [0.4, 0.5) is 0 Å². The molecule has 5 unspecified atom stereocenters. The summed E-state index contributed by atoms with van der Waals surface area (Å²) < 4.78 is 68.5. The van der Waals surface area contributed by atoms with Crippen LogP contribution in [0.2, 0.25) is 0 Å². The van der Waals surface area contributed by atoms with Crippen molar-refractivity contribution in [1.82, 2.24) is 0 Å². The number of phosphoric ester groups is 2. The molecule has 0 aliphatic carbocycles. The van der Waals surface area contributed by atoms with Gasteiger partial charge >= 0.3 is 39.5 Å². The van der Waals surface area contributed by atoms with Crippen LogP contribution in [0.25, 0.3) is 0 Å². The molecule has 96 heavy (non-hydrogen) atoms. The van der Waals surface area contributed by atoms with Crippen LogP contribution < -0.4 is 0 Å². The number of esters is 4. The van der Waals surface area contributed by atoms with E-state index in [1.807, 2.05) is 0 Å². The summed E-state index contributed by atoms with van der Waals surface area (Å²) in [5.74, 6) is 0.963. The molecule has 0 fully saturated rings. The SMILES string of the molecule is CCC(C)CCCCCCCCCCCCCCCCC(=O)O[C@H](COC(=O)CCCCCCCCC(C)CC)COP(=O)(O)OCC(O)COP(=O)(O)OC[C@@H](COC(=O)CCCCCCCCCC(C)C)OC(=O)CCCCCCCCCCCCCCCCCC(C)C. The van der Waals surface area contributed by atoms with E-state index in [4.69, 9.17) is 37.0 Å². The maximum absolute atomic E-state index is 13.1. The highest BCUT2D eigenvalue weighted by atomic mass is 31.2. The van der Waals surface area contributed by atoms with Crippen LogP contribution in [-0.2, 0) is 65.4 Å². The van der Waals surface area contributed by atoms with Gasteiger partial charge in [0.25, 0.3) is 0 Å². The fourth-order valence-electron chi connectivity index (χ4n) is 11.7. The molecule has 17 nitrogen and oxygen atoms in total. The van der Waals surface area contributed by atoms with Gasteiger partial charge in [-0.05, 0) is 49.4 Å². The number of hydrogen-bond acceptors (Lipinski definition) is 15. The summed E-state index contributed by atoms with van der Waals surface area (Å²) in [6.45, 7) is 14.2. The topological polar surface area (TPSA) is 237 Å². The van der Waals surface area contributed by atoms with Crippen molar-refractivity contribution in [2.24, 2.45) is 23.7 Å². The molecule has 0 radical (unpaired) electrons. The van der Waals surface area contributed by atoms with Crippen molar-refractivity contribution in [3.05, 3.63) is 0 Å². The smallest absolute Gasteiger partial charge is 0.462 e. The van der Waals surface area contributed by atoms with Crippen LogP contribution >= 0.6 is 15.6 Å². The monoisotopic (exact) mass is 1410 g/mol. The van der Waals surface area contributed by atoms with Crippen molar-refractivity contribution >= 4 is 39.5 Å². The molecule has 0 aromatic rings. The molecule has 570 valence electrons. The standard InChI is InChI=1S/C77H150O17P2/c1-9-69(7)55-47-39-31-25-21-17-14-15-19-23-27-33-44-52-60-77(82)94-73(64-88-75(80)58-50-42-36-35-40-48-56-70(8)10-2)66-92-96(85,86)90-62-71(78)61-89-95(83,84)91-65-72(63-87-74(79)57-49-41-34-28-30-38-46-54-68(5)6)93-76(81)59-51-43-32-26-22-18-13-11-12-16-20-24-29-37-45-53-67(3)4/h67-73,78H,9-66H2,1-8H3,(H,83,84)(H,85,86)/t69?,70?,71?,72-,73-/m1/s1. The third kappa shape index (κ3) is 67.9. The van der Waals surface area contributed by atoms with Crippen molar-refractivity contribution < 1.29 is 80.2 Å². The van der Waals surface area contributed by atoms with Crippen LogP contribution in [0.5, 0.6) is 0 Å². The van der Waals surface area contributed by atoms with Crippen molar-refractivity contribution in [3.8, 4) is 0 Å². The first-order valence-corrected chi connectivity index (χ1v) is 42.8. The van der Waals surface area contributed by atoms with Crippen LogP contribution in [0, 0.1) is 23.7 Å². The Hall–Kier alpha value is -1.94. The molecule has 0 aromatic heterocycles. The van der Waals surface area contributed by atoms with Gasteiger partial charge in [0, 0.05) is 25.7 Å². The largest absolute Gasteiger partial charge is 0.472 e. The predicted molar refractivity (Wildman–Crippen MR) is 391 cm³/mol. The lowest BCUT2D eigenvalue weighted by molar-refractivity contribution is -0.161. The molecule has 0 saturated carbocycles. The zero-order chi connectivity index (χ0) is 71.0. The quantitative estimate of drug-likeness (QED) is 0.0222. The molecule has 0 spiro atoms. The third-order valence-electron chi connectivity index (χ3n) is 18.5. The van der Waals surface area contributed by atoms with Crippen molar-refractivity contribution in [1.29, 1.82) is 0 Å². The van der Waals surface area contributed by atoms with E-state index in [1.165, 1.54) is 180 Å². The molecular formula is C77H150O17P2. The summed E-state index contributed by atoms with van der Waals surface area (Å²) in [6.07, 6.45) is 51.4. The minimum Gasteiger partial charge on any atom is -0.462 e. The van der Waals surface area contributed by atoms with Crippen molar-refractivity contribution in [3.63, 3.8) is 0 Å². The fourth-order valence-corrected chi connectivity index (χ4v) is 13.2. The average Bonchev–Trinajstić information content (AvgIpc) is 1.14. The molecule has 0 heterocycles. The second-order valence-corrected chi connectivity index (χ2v) is 32.1. The Morgan fingerprint density at radius 3 is 0.740 bits per heavy atom. The number of aliphatic hydroxyl groups is 1. The van der Waals surface area contributed by atoms with Crippen LogP contribution in [0.15, 0.2) is 0 Å². The van der Waals surface area contributed by atoms with Gasteiger partial charge in [0.15, 0.2) is 12.2 Å². The molecule has 0 aliphatic rings. The Morgan fingerprint density at radius 1 is 0.292 bits per heavy atom. The lowest BCUT2D eigenvalue weighted by atomic mass is 9.99. The lowest BCUT2D eigenvalue weighted by Crippen LogP contribution is -2.30. The van der Waals surface area contributed by atoms with Gasteiger partial charge < -0.3 is 33.8 Å². The Morgan fingerprint density at radius 2 is 0.500 bits per heavy atom. The number of rotatable bonds is 74. The van der Waals surface area contributed by atoms with Gasteiger partial charge in [-0.2, -0.15) is 0 Å². The number of carbonyl (C=O) groups excluding carboxylic acids is 4. The zero-order valence-electron chi connectivity index (χ0n) is 63.0. The molecule has 0 aromatic carbocycles. The van der Waals surface area contributed by atoms with E-state index >= 15 is 0 Å². The highest BCUT2D eigenvalue weighted by Gasteiger charge is 2.30. The van der Waals surface area contributed by atoms with Gasteiger partial charge in [0.05, 0.1) is 26.4 Å². The maximum Gasteiger partial charge on any atom is 0.472 e. The van der Waals surface area contributed by atoms with Crippen molar-refractivity contribution in [2.75, 3.05) is 39.6 Å². The zero-order valence-corrected chi connectivity index (χ0v) is 64.8. The maximum atomic E-state index is 13.1. The molecule has 0 saturated heterocycles. The Balaban J connectivity index is 5.21. The van der Waals surface area contributed by atoms with E-state index in [2.05, 4.69) is 55.4 Å². The molecule has 7 atom stereocenters. The molecule has 0 amide bonds. The number of unbranched alkanes of at least 4 members (excludes halogenated alkanes) is 38. The second kappa shape index (κ2) is 66.3. The molecule has 0 bridgehead atoms. The van der Waals surface area contributed by atoms with Gasteiger partial charge in [-0.25, -0.2) is 9.13 Å². The van der Waals surface area contributed by atoms with Gasteiger partial charge in [-0.15, -0.1) is 0 Å². The second-order valence-electron chi connectivity index (χ2n) is 29.2. The minimum absolute atomic E-state index is 0.106. The number of carbonyl (C=O) groups is 4. The van der Waals surface area contributed by atoms with E-state index in [0.29, 0.717) is 31.6 Å². The highest BCUT2D eigenvalue weighted by molar-refractivity contribution is 7.47. The predicted octanol–water partition coefficient (Wildman–Crippen LogP) is 22.4. The average molecular weight is 1410 g/mol. The first-order valence-electron chi connectivity index (χ1n) is 39.8. The lowest BCUT2D eigenvalue weighted by Gasteiger charge is -2.21. The highest BCUT2D eigenvalue weighted by Crippen LogP contribution is 2.45. The number of phosphoric acid groups is 2. The van der Waals surface area contributed by atoms with Gasteiger partial charge in [-0.1, -0.05) is 338 Å². The Labute approximate surface area is 588 Å². The van der Waals surface area contributed by atoms with Crippen LogP contribution in [0.3, 0.4) is 0 Å². The normalized spacial score (nSPS) is 14.7. The van der Waals surface area contributed by atoms with Gasteiger partial charge in [0.1, 0.15) is 19.3 Å². The summed E-state index contributed by atoms with van der Waals surface area (Å²) in [7, 11) is -9.91. The van der Waals surface area contributed by atoms with Crippen molar-refractivity contribution in [2.45, 2.75) is 408 Å². The number of aliphatic hydroxyl groups excluding tert-OH is 1. The van der Waals surface area contributed by atoms with E-state index < -0.39 is 97.5 Å². The summed E-state index contributed by atoms with van der Waals surface area (Å²) in [4.78, 5) is 72.8. The minimum atomic E-state index is -4.96. The fraction of sp³-hybridized carbons (Fsp3) is 0.948. The molecule has 19 heteroatoms. The molecule has 3 N–H and O–H groups in total. The number of ether oxygens (including phenoxy) is 4. The van der Waals surface area contributed by atoms with E-state index in [1.54, 1.807) is 0 Å². The summed E-state index contributed by atoms with van der Waals surface area (Å²) in [5, 5.41) is 10.6. The summed E-state index contributed by atoms with van der Waals surface area (Å²) >= 11 is 0. The van der Waals surface area contributed by atoms with Crippen LogP contribution in [-0.4, -0.2) is 96.7 Å². The molecular weight excluding hydrogens is 1260 g/mol.